The Kier molecular flexibility index (Phi) is 4.96. The summed E-state index contributed by atoms with van der Waals surface area (Å²) in [4.78, 5) is 25.9. The summed E-state index contributed by atoms with van der Waals surface area (Å²) in [5.41, 5.74) is 1.79. The van der Waals surface area contributed by atoms with Crippen molar-refractivity contribution in [2.24, 2.45) is 5.92 Å². The summed E-state index contributed by atoms with van der Waals surface area (Å²) in [5, 5.41) is 9.44. The first kappa shape index (κ1) is 17.7. The molecule has 3 rings (SSSR count). The molecule has 1 aromatic carbocycles. The van der Waals surface area contributed by atoms with Crippen LogP contribution in [0.5, 0.6) is 5.75 Å². The maximum Gasteiger partial charge on any atom is 0.327 e. The molecule has 2 aliphatic heterocycles. The summed E-state index contributed by atoms with van der Waals surface area (Å²) in [6, 6.07) is 6.69. The number of thiocarbonyl (C=S) groups is 1. The number of para-hydroxylation sites is 1. The van der Waals surface area contributed by atoms with Crippen LogP contribution in [0.15, 0.2) is 40.8 Å². The molecule has 0 aliphatic carbocycles. The topological polar surface area (TPSA) is 66.8 Å². The van der Waals surface area contributed by atoms with Gasteiger partial charge in [0.05, 0.1) is 4.91 Å². The number of aliphatic carboxylic acids is 1. The fourth-order valence-electron chi connectivity index (χ4n) is 2.80. The molecule has 2 heterocycles. The Balaban J connectivity index is 1.89. The zero-order valence-electron chi connectivity index (χ0n) is 13.8. The van der Waals surface area contributed by atoms with Gasteiger partial charge in [0.15, 0.2) is 0 Å². The van der Waals surface area contributed by atoms with Crippen molar-refractivity contribution in [1.82, 2.24) is 4.90 Å². The predicted octanol–water partition coefficient (Wildman–Crippen LogP) is 3.32. The van der Waals surface area contributed by atoms with Crippen molar-refractivity contribution < 1.29 is 19.4 Å². The van der Waals surface area contributed by atoms with Gasteiger partial charge in [0, 0.05) is 5.56 Å². The molecule has 130 valence electrons. The Morgan fingerprint density at radius 3 is 2.80 bits per heavy atom. The molecule has 7 heteroatoms. The molecule has 0 aromatic heterocycles. The number of nitrogens with zero attached hydrogens (tertiary/aromatic N) is 1. The minimum atomic E-state index is -1.05. The highest BCUT2D eigenvalue weighted by atomic mass is 32.2. The number of benzene rings is 1. The van der Waals surface area contributed by atoms with Crippen LogP contribution in [0.4, 0.5) is 0 Å². The Morgan fingerprint density at radius 2 is 2.12 bits per heavy atom. The fraction of sp³-hybridized carbons (Fsp3) is 0.278. The van der Waals surface area contributed by atoms with Crippen LogP contribution in [-0.4, -0.2) is 38.9 Å². The molecule has 0 saturated carbocycles. The van der Waals surface area contributed by atoms with E-state index in [1.165, 1.54) is 4.90 Å². The summed E-state index contributed by atoms with van der Waals surface area (Å²) in [6.45, 7) is 3.87. The van der Waals surface area contributed by atoms with Gasteiger partial charge >= 0.3 is 5.97 Å². The first-order valence-electron chi connectivity index (χ1n) is 7.80. The first-order chi connectivity index (χ1) is 11.9. The number of thioether (sulfide) groups is 1. The Labute approximate surface area is 155 Å². The molecule has 1 N–H and O–H groups in total. The highest BCUT2D eigenvalue weighted by Gasteiger charge is 2.42. The van der Waals surface area contributed by atoms with Crippen LogP contribution in [0.3, 0.4) is 0 Å². The van der Waals surface area contributed by atoms with Gasteiger partial charge in [-0.25, -0.2) is 4.79 Å². The number of carboxylic acid groups (broad SMARTS) is 1. The molecular weight excluding hydrogens is 358 g/mol. The van der Waals surface area contributed by atoms with Crippen molar-refractivity contribution >= 4 is 46.3 Å². The van der Waals surface area contributed by atoms with E-state index in [0.29, 0.717) is 11.5 Å². The second-order valence-electron chi connectivity index (χ2n) is 6.12. The van der Waals surface area contributed by atoms with Crippen LogP contribution in [0.1, 0.15) is 19.4 Å². The average Bonchev–Trinajstić information content (AvgIpc) is 2.82. The highest BCUT2D eigenvalue weighted by Crippen LogP contribution is 2.36. The second-order valence-corrected chi connectivity index (χ2v) is 7.80. The van der Waals surface area contributed by atoms with Crippen molar-refractivity contribution in [2.75, 3.05) is 6.61 Å². The van der Waals surface area contributed by atoms with Crippen molar-refractivity contribution in [3.05, 3.63) is 46.4 Å². The maximum absolute atomic E-state index is 12.7. The van der Waals surface area contributed by atoms with E-state index in [1.807, 2.05) is 30.3 Å². The van der Waals surface area contributed by atoms with Crippen LogP contribution in [0, 0.1) is 5.92 Å². The Bertz CT molecular complexity index is 813. The van der Waals surface area contributed by atoms with E-state index in [-0.39, 0.29) is 16.1 Å². The molecule has 0 radical (unpaired) electrons. The number of rotatable bonds is 4. The lowest BCUT2D eigenvalue weighted by Gasteiger charge is -2.26. The van der Waals surface area contributed by atoms with E-state index in [0.717, 1.165) is 28.6 Å². The molecule has 1 amide bonds. The Morgan fingerprint density at radius 1 is 1.40 bits per heavy atom. The lowest BCUT2D eigenvalue weighted by Crippen LogP contribution is -2.47. The number of carbonyl (C=O) groups is 2. The minimum Gasteiger partial charge on any atom is -0.488 e. The maximum atomic E-state index is 12.7. The van der Waals surface area contributed by atoms with Gasteiger partial charge in [0.1, 0.15) is 22.7 Å². The van der Waals surface area contributed by atoms with Gasteiger partial charge < -0.3 is 9.84 Å². The molecule has 1 atom stereocenters. The number of carboxylic acids is 1. The summed E-state index contributed by atoms with van der Waals surface area (Å²) < 4.78 is 5.96. The van der Waals surface area contributed by atoms with Crippen LogP contribution in [0.25, 0.3) is 6.08 Å². The summed E-state index contributed by atoms with van der Waals surface area (Å²) in [5.74, 6) is -0.862. The van der Waals surface area contributed by atoms with E-state index in [9.17, 15) is 14.7 Å². The van der Waals surface area contributed by atoms with E-state index in [1.54, 1.807) is 19.9 Å². The Hall–Kier alpha value is -2.12. The third-order valence-electron chi connectivity index (χ3n) is 3.96. The molecule has 1 fully saturated rings. The molecule has 2 aliphatic rings. The SMILES string of the molecule is CC(C)C(C(=O)O)N1C(=O)/C(=C/C2=Cc3ccccc3OC2)SC1=S. The molecule has 25 heavy (non-hydrogen) atoms. The molecule has 0 spiro atoms. The largest absolute Gasteiger partial charge is 0.488 e. The van der Waals surface area contributed by atoms with Crippen LogP contribution < -0.4 is 4.74 Å². The predicted molar refractivity (Wildman–Crippen MR) is 101 cm³/mol. The van der Waals surface area contributed by atoms with E-state index >= 15 is 0 Å². The van der Waals surface area contributed by atoms with Gasteiger partial charge in [-0.3, -0.25) is 9.69 Å². The van der Waals surface area contributed by atoms with Gasteiger partial charge in [-0.2, -0.15) is 0 Å². The van der Waals surface area contributed by atoms with Crippen LogP contribution >= 0.6 is 24.0 Å². The van der Waals surface area contributed by atoms with Gasteiger partial charge in [-0.1, -0.05) is 56.0 Å². The third-order valence-corrected chi connectivity index (χ3v) is 5.29. The highest BCUT2D eigenvalue weighted by molar-refractivity contribution is 8.26. The normalized spacial score (nSPS) is 19.7. The zero-order valence-corrected chi connectivity index (χ0v) is 15.4. The minimum absolute atomic E-state index is 0.247. The van der Waals surface area contributed by atoms with Gasteiger partial charge in [0.25, 0.3) is 5.91 Å². The number of hydrogen-bond acceptors (Lipinski definition) is 5. The van der Waals surface area contributed by atoms with E-state index in [2.05, 4.69) is 0 Å². The lowest BCUT2D eigenvalue weighted by molar-refractivity contribution is -0.146. The fourth-order valence-corrected chi connectivity index (χ4v) is 4.14. The van der Waals surface area contributed by atoms with E-state index in [4.69, 9.17) is 17.0 Å². The van der Waals surface area contributed by atoms with E-state index < -0.39 is 12.0 Å². The quantitative estimate of drug-likeness (QED) is 0.643. The van der Waals surface area contributed by atoms with Crippen molar-refractivity contribution in [2.45, 2.75) is 19.9 Å². The van der Waals surface area contributed by atoms with Crippen molar-refractivity contribution in [1.29, 1.82) is 0 Å². The zero-order chi connectivity index (χ0) is 18.1. The smallest absolute Gasteiger partial charge is 0.327 e. The number of ether oxygens (including phenoxy) is 1. The molecule has 1 aromatic rings. The average molecular weight is 375 g/mol. The molecule has 1 unspecified atom stereocenters. The standard InChI is InChI=1S/C18H17NO4S2/c1-10(2)15(17(21)22)19-16(20)14(25-18(19)24)8-11-7-12-5-3-4-6-13(12)23-9-11/h3-8,10,15H,9H2,1-2H3,(H,21,22)/b14-8-. The van der Waals surface area contributed by atoms with Gasteiger partial charge in [-0.15, -0.1) is 0 Å². The summed E-state index contributed by atoms with van der Waals surface area (Å²) in [7, 11) is 0. The van der Waals surface area contributed by atoms with Crippen molar-refractivity contribution in [3.63, 3.8) is 0 Å². The van der Waals surface area contributed by atoms with Crippen LogP contribution in [0.2, 0.25) is 0 Å². The summed E-state index contributed by atoms with van der Waals surface area (Å²) in [6.07, 6.45) is 3.69. The molecule has 0 bridgehead atoms. The molecule has 5 nitrogen and oxygen atoms in total. The monoisotopic (exact) mass is 375 g/mol. The third kappa shape index (κ3) is 3.48. The van der Waals surface area contributed by atoms with Crippen molar-refractivity contribution in [3.8, 4) is 5.75 Å². The first-order valence-corrected chi connectivity index (χ1v) is 9.03. The number of fused-ring (bicyclic) bond motifs is 1. The van der Waals surface area contributed by atoms with Gasteiger partial charge in [-0.05, 0) is 29.7 Å². The number of hydrogen-bond donors (Lipinski definition) is 1. The van der Waals surface area contributed by atoms with Gasteiger partial charge in [0.2, 0.25) is 0 Å². The number of amides is 1. The second kappa shape index (κ2) is 7.01. The molecular formula is C18H17NO4S2. The van der Waals surface area contributed by atoms with Crippen LogP contribution in [-0.2, 0) is 9.59 Å². The summed E-state index contributed by atoms with van der Waals surface area (Å²) >= 11 is 6.38. The number of carbonyl (C=O) groups excluding carboxylic acids is 1. The molecule has 1 saturated heterocycles. The lowest BCUT2D eigenvalue weighted by atomic mass is 10.0.